The Hall–Kier alpha value is -3.85. The lowest BCUT2D eigenvalue weighted by Crippen LogP contribution is -2.71. The van der Waals surface area contributed by atoms with Gasteiger partial charge in [-0.2, -0.15) is 4.98 Å². The number of hydrogen-bond acceptors (Lipinski definition) is 10. The van der Waals surface area contributed by atoms with Crippen molar-refractivity contribution in [2.24, 2.45) is 5.73 Å². The maximum atomic E-state index is 12.9. The zero-order valence-electron chi connectivity index (χ0n) is 17.7. The van der Waals surface area contributed by atoms with Gasteiger partial charge in [-0.1, -0.05) is 42.1 Å². The Morgan fingerprint density at radius 3 is 2.74 bits per heavy atom. The molecule has 0 bridgehead atoms. The molecule has 0 saturated carbocycles. The van der Waals surface area contributed by atoms with Crippen LogP contribution in [0.5, 0.6) is 0 Å². The van der Waals surface area contributed by atoms with E-state index < -0.39 is 41.2 Å². The molecular weight excluding hydrogens is 500 g/mol. The Morgan fingerprint density at radius 1 is 1.37 bits per heavy atom. The van der Waals surface area contributed by atoms with Gasteiger partial charge >= 0.3 is 5.97 Å². The molecule has 2 unspecified atom stereocenters. The second-order valence-electron chi connectivity index (χ2n) is 7.29. The Kier molecular flexibility index (Phi) is 7.07. The van der Waals surface area contributed by atoms with Crippen LogP contribution in [0, 0.1) is 0 Å². The maximum Gasteiger partial charge on any atom is 0.352 e. The summed E-state index contributed by atoms with van der Waals surface area (Å²) < 4.78 is 4.92. The number of amides is 3. The van der Waals surface area contributed by atoms with Gasteiger partial charge in [-0.15, -0.1) is 16.9 Å². The zero-order chi connectivity index (χ0) is 25.1. The third kappa shape index (κ3) is 4.85. The molecule has 3 heterocycles. The number of nitrogens with one attached hydrogen (secondary N) is 2. The first kappa shape index (κ1) is 24.3. The molecule has 182 valence electrons. The lowest BCUT2D eigenvalue weighted by Gasteiger charge is -2.49. The molecule has 2 aromatic rings. The van der Waals surface area contributed by atoms with E-state index in [9.17, 15) is 29.1 Å². The number of aromatic amines is 1. The van der Waals surface area contributed by atoms with E-state index in [1.165, 1.54) is 11.8 Å². The highest BCUT2D eigenvalue weighted by molar-refractivity contribution is 8.01. The van der Waals surface area contributed by atoms with Crippen molar-refractivity contribution in [3.05, 3.63) is 53.0 Å². The lowest BCUT2D eigenvalue weighted by atomic mass is 10.0. The number of H-pyrrole nitrogens is 1. The van der Waals surface area contributed by atoms with Crippen molar-refractivity contribution in [1.82, 2.24) is 25.4 Å². The van der Waals surface area contributed by atoms with Crippen LogP contribution in [0.25, 0.3) is 0 Å². The summed E-state index contributed by atoms with van der Waals surface area (Å²) in [6.07, 6.45) is -1.25. The predicted molar refractivity (Wildman–Crippen MR) is 122 cm³/mol. The molecule has 1 saturated heterocycles. The number of rotatable bonds is 10. The average Bonchev–Trinajstić information content (AvgIpc) is 3.33. The molecule has 2 aliphatic rings. The summed E-state index contributed by atoms with van der Waals surface area (Å²) in [6, 6.07) is 7.31. The molecule has 4 rings (SSSR count). The number of β-lactam (4-membered cyclic amide) rings is 1. The minimum atomic E-state index is -1.29. The number of carboxylic acids is 1. The first-order valence-corrected chi connectivity index (χ1v) is 12.0. The number of hydrogen-bond donors (Lipinski definition) is 4. The van der Waals surface area contributed by atoms with Crippen molar-refractivity contribution >= 4 is 53.7 Å². The molecule has 13 nitrogen and oxygen atoms in total. The van der Waals surface area contributed by atoms with Gasteiger partial charge in [0.15, 0.2) is 5.16 Å². The molecule has 3 amide bonds. The van der Waals surface area contributed by atoms with Crippen LogP contribution in [0.1, 0.15) is 22.3 Å². The summed E-state index contributed by atoms with van der Waals surface area (Å²) in [5, 5.41) is 18.2. The minimum absolute atomic E-state index is 0.150. The third-order valence-corrected chi connectivity index (χ3v) is 7.44. The molecule has 0 aliphatic carbocycles. The number of carbonyl (C=O) groups excluding carboxylic acids is 4. The summed E-state index contributed by atoms with van der Waals surface area (Å²) >= 11 is 2.39. The molecule has 15 heteroatoms. The normalized spacial score (nSPS) is 19.9. The minimum Gasteiger partial charge on any atom is -0.477 e. The summed E-state index contributed by atoms with van der Waals surface area (Å²) in [5.74, 6) is -3.13. The maximum absolute atomic E-state index is 12.9. The Bertz CT molecular complexity index is 1220. The monoisotopic (exact) mass is 518 g/mol. The van der Waals surface area contributed by atoms with Gasteiger partial charge in [0.05, 0.1) is 0 Å². The van der Waals surface area contributed by atoms with E-state index in [1.54, 1.807) is 30.3 Å². The van der Waals surface area contributed by atoms with E-state index in [1.807, 2.05) is 0 Å². The molecule has 1 aromatic carbocycles. The Morgan fingerprint density at radius 2 is 2.11 bits per heavy atom. The van der Waals surface area contributed by atoms with Crippen LogP contribution in [0.2, 0.25) is 0 Å². The van der Waals surface area contributed by atoms with Crippen LogP contribution >= 0.6 is 23.5 Å². The highest BCUT2D eigenvalue weighted by Crippen LogP contribution is 2.41. The number of carbonyl (C=O) groups is 5. The Labute approximate surface area is 205 Å². The van der Waals surface area contributed by atoms with Gasteiger partial charge in [-0.3, -0.25) is 29.2 Å². The van der Waals surface area contributed by atoms with Crippen molar-refractivity contribution in [2.75, 3.05) is 11.5 Å². The number of nitrogens with two attached hydrogens (primary N) is 1. The van der Waals surface area contributed by atoms with Crippen LogP contribution in [-0.2, 0) is 23.9 Å². The van der Waals surface area contributed by atoms with Gasteiger partial charge in [0.25, 0.3) is 24.2 Å². The van der Waals surface area contributed by atoms with Gasteiger partial charge in [0.1, 0.15) is 17.1 Å². The van der Waals surface area contributed by atoms with Crippen LogP contribution in [-0.4, -0.2) is 78.3 Å². The van der Waals surface area contributed by atoms with Crippen molar-refractivity contribution < 1.29 is 33.8 Å². The van der Waals surface area contributed by atoms with Gasteiger partial charge in [0, 0.05) is 17.1 Å². The molecule has 1 fully saturated rings. The molecule has 1 aromatic heterocycles. The molecule has 35 heavy (non-hydrogen) atoms. The number of carboxylic acid groups (broad SMARTS) is 1. The summed E-state index contributed by atoms with van der Waals surface area (Å²) in [6.45, 7) is 0.150. The Balaban J connectivity index is 1.47. The number of primary amides is 1. The van der Waals surface area contributed by atoms with E-state index >= 15 is 0 Å². The summed E-state index contributed by atoms with van der Waals surface area (Å²) in [5.41, 5.74) is 5.83. The van der Waals surface area contributed by atoms with Crippen molar-refractivity contribution in [1.29, 1.82) is 0 Å². The van der Waals surface area contributed by atoms with Gasteiger partial charge < -0.3 is 20.9 Å². The molecule has 2 aliphatic heterocycles. The topological polar surface area (TPSA) is 198 Å². The first-order chi connectivity index (χ1) is 16.8. The number of fused-ring (bicyclic) bond motifs is 1. The lowest BCUT2D eigenvalue weighted by molar-refractivity contribution is -0.154. The fraction of sp³-hybridized carbons (Fsp3) is 0.250. The fourth-order valence-corrected chi connectivity index (χ4v) is 5.86. The number of nitrogens with zero attached hydrogens (tertiary/aromatic N) is 3. The quantitative estimate of drug-likeness (QED) is 0.182. The second kappa shape index (κ2) is 10.2. The molecular formula is C20H18N6O7S2. The van der Waals surface area contributed by atoms with Gasteiger partial charge in [-0.25, -0.2) is 4.79 Å². The molecule has 0 spiro atoms. The number of benzene rings is 1. The summed E-state index contributed by atoms with van der Waals surface area (Å²) in [4.78, 5) is 64.7. The number of aromatic nitrogens is 3. The number of aliphatic carboxylic acids is 1. The van der Waals surface area contributed by atoms with E-state index in [4.69, 9.17) is 10.5 Å². The van der Waals surface area contributed by atoms with Crippen LogP contribution in [0.3, 0.4) is 0 Å². The third-order valence-electron chi connectivity index (χ3n) is 5.15. The van der Waals surface area contributed by atoms with Crippen molar-refractivity contribution in [3.8, 4) is 0 Å². The fourth-order valence-electron chi connectivity index (χ4n) is 3.58. The SMILES string of the molecule is NC(=O)c1n[nH]c(SCC2=C(C(=O)O)N3C(=O)C(NC(=O)C(OC=O)c4ccccc4)[C@@H]3SC2)n1. The zero-order valence-corrected chi connectivity index (χ0v) is 19.4. The van der Waals surface area contributed by atoms with Crippen LogP contribution < -0.4 is 11.1 Å². The first-order valence-electron chi connectivity index (χ1n) is 10.0. The molecule has 5 N–H and O–H groups in total. The van der Waals surface area contributed by atoms with Crippen LogP contribution in [0.15, 0.2) is 46.8 Å². The van der Waals surface area contributed by atoms with Crippen molar-refractivity contribution in [3.63, 3.8) is 0 Å². The largest absolute Gasteiger partial charge is 0.477 e. The second-order valence-corrected chi connectivity index (χ2v) is 9.36. The number of thioether (sulfide) groups is 2. The average molecular weight is 519 g/mol. The highest BCUT2D eigenvalue weighted by Gasteiger charge is 2.54. The standard InChI is InChI=1S/C20H18N6O7S2/c21-14(28)15-23-20(25-24-15)35-7-10-6-34-18-11(17(30)26(18)12(10)19(31)32)22-16(29)13(33-8-27)9-4-2-1-3-5-9/h1-5,8,11,13,18H,6-7H2,(H2,21,28)(H,22,29)(H,31,32)(H,23,24,25)/t11?,13?,18-/m0/s1. The van der Waals surface area contributed by atoms with E-state index in [0.29, 0.717) is 11.1 Å². The van der Waals surface area contributed by atoms with E-state index in [-0.39, 0.29) is 34.7 Å². The number of ether oxygens (including phenoxy) is 1. The highest BCUT2D eigenvalue weighted by atomic mass is 32.2. The summed E-state index contributed by atoms with van der Waals surface area (Å²) in [7, 11) is 0. The molecule has 0 radical (unpaired) electrons. The van der Waals surface area contributed by atoms with E-state index in [0.717, 1.165) is 16.7 Å². The van der Waals surface area contributed by atoms with E-state index in [2.05, 4.69) is 20.5 Å². The van der Waals surface area contributed by atoms with Gasteiger partial charge in [-0.05, 0) is 5.57 Å². The predicted octanol–water partition coefficient (Wildman–Crippen LogP) is -0.351. The van der Waals surface area contributed by atoms with Crippen molar-refractivity contribution in [2.45, 2.75) is 22.7 Å². The molecule has 3 atom stereocenters. The van der Waals surface area contributed by atoms with Gasteiger partial charge in [0.2, 0.25) is 11.9 Å². The smallest absolute Gasteiger partial charge is 0.352 e. The van der Waals surface area contributed by atoms with Crippen LogP contribution in [0.4, 0.5) is 0 Å².